The molecule has 0 spiro atoms. The highest BCUT2D eigenvalue weighted by Gasteiger charge is 2.32. The Labute approximate surface area is 173 Å². The van der Waals surface area contributed by atoms with Gasteiger partial charge in [-0.3, -0.25) is 14.9 Å². The molecule has 1 amide bonds. The highest BCUT2D eigenvalue weighted by molar-refractivity contribution is 5.95. The van der Waals surface area contributed by atoms with Crippen LogP contribution in [-0.4, -0.2) is 35.6 Å². The lowest BCUT2D eigenvalue weighted by atomic mass is 10.0. The molecule has 2 aromatic carbocycles. The van der Waals surface area contributed by atoms with Crippen molar-refractivity contribution in [2.24, 2.45) is 0 Å². The Morgan fingerprint density at radius 3 is 2.73 bits per heavy atom. The molecule has 0 aromatic heterocycles. The summed E-state index contributed by atoms with van der Waals surface area (Å²) in [6.45, 7) is 4.63. The van der Waals surface area contributed by atoms with E-state index in [1.165, 1.54) is 12.1 Å². The van der Waals surface area contributed by atoms with E-state index >= 15 is 0 Å². The summed E-state index contributed by atoms with van der Waals surface area (Å²) in [5.41, 5.74) is 1.12. The maximum atomic E-state index is 12.0. The van der Waals surface area contributed by atoms with Crippen LogP contribution in [0.1, 0.15) is 25.0 Å². The summed E-state index contributed by atoms with van der Waals surface area (Å²) < 4.78 is 16.3. The van der Waals surface area contributed by atoms with Gasteiger partial charge in [-0.05, 0) is 38.5 Å². The predicted molar refractivity (Wildman–Crippen MR) is 108 cm³/mol. The molecule has 1 heterocycles. The van der Waals surface area contributed by atoms with Gasteiger partial charge in [-0.15, -0.1) is 0 Å². The number of fused-ring (bicyclic) bond motifs is 1. The summed E-state index contributed by atoms with van der Waals surface area (Å²) in [6.07, 6.45) is 0.731. The summed E-state index contributed by atoms with van der Waals surface area (Å²) in [4.78, 5) is 34.5. The smallest absolute Gasteiger partial charge is 0.344 e. The first-order valence-corrected chi connectivity index (χ1v) is 9.29. The molecule has 9 nitrogen and oxygen atoms in total. The average molecular weight is 414 g/mol. The van der Waals surface area contributed by atoms with Crippen LogP contribution in [0.4, 0.5) is 11.4 Å². The highest BCUT2D eigenvalue weighted by atomic mass is 16.6. The Hall–Kier alpha value is -3.62. The second-order valence-electron chi connectivity index (χ2n) is 7.56. The maximum Gasteiger partial charge on any atom is 0.344 e. The van der Waals surface area contributed by atoms with E-state index in [9.17, 15) is 19.7 Å². The monoisotopic (exact) mass is 414 g/mol. The summed E-state index contributed by atoms with van der Waals surface area (Å²) >= 11 is 0. The van der Waals surface area contributed by atoms with Gasteiger partial charge < -0.3 is 19.5 Å². The average Bonchev–Trinajstić information content (AvgIpc) is 3.00. The van der Waals surface area contributed by atoms with Gasteiger partial charge in [-0.25, -0.2) is 4.79 Å². The van der Waals surface area contributed by atoms with Crippen LogP contribution in [0.3, 0.4) is 0 Å². The van der Waals surface area contributed by atoms with E-state index < -0.39 is 30.0 Å². The minimum Gasteiger partial charge on any atom is -0.483 e. The van der Waals surface area contributed by atoms with Crippen LogP contribution in [-0.2, 0) is 20.7 Å². The number of carbonyl (C=O) groups is 2. The van der Waals surface area contributed by atoms with Crippen molar-refractivity contribution in [1.82, 2.24) is 0 Å². The molecular formula is C21H22N2O7. The number of para-hydroxylation sites is 1. The van der Waals surface area contributed by atoms with Crippen LogP contribution in [0.2, 0.25) is 0 Å². The Balaban J connectivity index is 1.51. The summed E-state index contributed by atoms with van der Waals surface area (Å²) in [5.74, 6) is -0.422. The fraction of sp³-hybridized carbons (Fsp3) is 0.333. The van der Waals surface area contributed by atoms with Gasteiger partial charge in [0.2, 0.25) is 0 Å². The van der Waals surface area contributed by atoms with Gasteiger partial charge in [0, 0.05) is 18.1 Å². The van der Waals surface area contributed by atoms with Crippen LogP contribution in [0.15, 0.2) is 36.4 Å². The summed E-state index contributed by atoms with van der Waals surface area (Å²) in [6, 6.07) is 9.84. The van der Waals surface area contributed by atoms with Gasteiger partial charge in [0.05, 0.1) is 4.92 Å². The topological polar surface area (TPSA) is 117 Å². The number of ether oxygens (including phenoxy) is 3. The molecule has 0 saturated carbocycles. The van der Waals surface area contributed by atoms with Crippen molar-refractivity contribution in [1.29, 1.82) is 0 Å². The molecule has 0 fully saturated rings. The van der Waals surface area contributed by atoms with Crippen molar-refractivity contribution >= 4 is 23.3 Å². The summed E-state index contributed by atoms with van der Waals surface area (Å²) in [5, 5.41) is 13.5. The lowest BCUT2D eigenvalue weighted by Gasteiger charge is -2.18. The molecule has 9 heteroatoms. The molecule has 0 saturated heterocycles. The van der Waals surface area contributed by atoms with E-state index in [-0.39, 0.29) is 17.0 Å². The molecule has 0 atom stereocenters. The predicted octanol–water partition coefficient (Wildman–Crippen LogP) is 3.18. The molecule has 0 radical (unpaired) electrons. The lowest BCUT2D eigenvalue weighted by Crippen LogP contribution is -2.25. The maximum absolute atomic E-state index is 12.0. The number of hydrogen-bond donors (Lipinski definition) is 1. The molecule has 1 aliphatic heterocycles. The zero-order chi connectivity index (χ0) is 21.9. The van der Waals surface area contributed by atoms with E-state index in [0.717, 1.165) is 12.0 Å². The first kappa shape index (κ1) is 21.1. The zero-order valence-electron chi connectivity index (χ0n) is 16.9. The fourth-order valence-electron chi connectivity index (χ4n) is 3.11. The Bertz CT molecular complexity index is 1000. The minimum absolute atomic E-state index is 0.0301. The van der Waals surface area contributed by atoms with Crippen LogP contribution in [0.5, 0.6) is 11.5 Å². The molecule has 30 heavy (non-hydrogen) atoms. The van der Waals surface area contributed by atoms with Crippen molar-refractivity contribution in [2.75, 3.05) is 18.5 Å². The van der Waals surface area contributed by atoms with Crippen molar-refractivity contribution < 1.29 is 28.7 Å². The summed E-state index contributed by atoms with van der Waals surface area (Å²) in [7, 11) is 0. The van der Waals surface area contributed by atoms with Gasteiger partial charge in [-0.2, -0.15) is 0 Å². The molecule has 0 bridgehead atoms. The number of nitrogens with one attached hydrogen (secondary N) is 1. The number of nitrogens with zero attached hydrogens (tertiary/aromatic N) is 1. The molecule has 0 unspecified atom stereocenters. The van der Waals surface area contributed by atoms with E-state index in [1.54, 1.807) is 19.1 Å². The fourth-order valence-corrected chi connectivity index (χ4v) is 3.11. The number of anilines is 1. The van der Waals surface area contributed by atoms with E-state index in [2.05, 4.69) is 5.32 Å². The zero-order valence-corrected chi connectivity index (χ0v) is 16.9. The molecule has 1 N–H and O–H groups in total. The van der Waals surface area contributed by atoms with Crippen molar-refractivity contribution in [3.8, 4) is 11.5 Å². The SMILES string of the molecule is Cc1ccc(NC(=O)COC(=O)COc2cccc3c2OC(C)(C)C3)c([N+](=O)[O-])c1. The molecule has 3 rings (SSSR count). The largest absolute Gasteiger partial charge is 0.483 e. The number of amides is 1. The van der Waals surface area contributed by atoms with Crippen LogP contribution in [0.25, 0.3) is 0 Å². The van der Waals surface area contributed by atoms with Crippen molar-refractivity contribution in [3.05, 3.63) is 57.6 Å². The molecule has 1 aliphatic rings. The number of rotatable bonds is 7. The number of esters is 1. The van der Waals surface area contributed by atoms with Crippen molar-refractivity contribution in [3.63, 3.8) is 0 Å². The molecule has 2 aromatic rings. The number of hydrogen-bond acceptors (Lipinski definition) is 7. The standard InChI is InChI=1S/C21H22N2O7/c1-13-7-8-15(16(9-13)23(26)27)22-18(24)11-29-19(25)12-28-17-6-4-5-14-10-21(2,3)30-20(14)17/h4-9H,10-12H2,1-3H3,(H,22,24). The van der Waals surface area contributed by atoms with Gasteiger partial charge in [0.25, 0.3) is 11.6 Å². The number of benzene rings is 2. The van der Waals surface area contributed by atoms with E-state index in [0.29, 0.717) is 17.1 Å². The highest BCUT2D eigenvalue weighted by Crippen LogP contribution is 2.41. The van der Waals surface area contributed by atoms with Crippen LogP contribution < -0.4 is 14.8 Å². The minimum atomic E-state index is -0.751. The molecule has 0 aliphatic carbocycles. The lowest BCUT2D eigenvalue weighted by molar-refractivity contribution is -0.384. The number of nitro benzene ring substituents is 1. The quantitative estimate of drug-likeness (QED) is 0.420. The first-order valence-electron chi connectivity index (χ1n) is 9.29. The van der Waals surface area contributed by atoms with Crippen molar-refractivity contribution in [2.45, 2.75) is 32.8 Å². The van der Waals surface area contributed by atoms with E-state index in [1.807, 2.05) is 26.0 Å². The Morgan fingerprint density at radius 2 is 2.00 bits per heavy atom. The third-order valence-corrected chi connectivity index (χ3v) is 4.39. The molecular weight excluding hydrogens is 392 g/mol. The van der Waals surface area contributed by atoms with E-state index in [4.69, 9.17) is 14.2 Å². The molecule has 158 valence electrons. The third-order valence-electron chi connectivity index (χ3n) is 4.39. The Morgan fingerprint density at radius 1 is 1.23 bits per heavy atom. The second kappa shape index (κ2) is 8.40. The number of nitro groups is 1. The van der Waals surface area contributed by atoms with Gasteiger partial charge in [-0.1, -0.05) is 18.2 Å². The Kier molecular flexibility index (Phi) is 5.91. The second-order valence-corrected chi connectivity index (χ2v) is 7.56. The van der Waals surface area contributed by atoms with Gasteiger partial charge in [0.15, 0.2) is 24.7 Å². The van der Waals surface area contributed by atoms with Gasteiger partial charge >= 0.3 is 5.97 Å². The first-order chi connectivity index (χ1) is 14.1. The van der Waals surface area contributed by atoms with Gasteiger partial charge in [0.1, 0.15) is 11.3 Å². The van der Waals surface area contributed by atoms with Crippen LogP contribution in [0, 0.1) is 17.0 Å². The number of carbonyl (C=O) groups excluding carboxylic acids is 2. The van der Waals surface area contributed by atoms with Crippen LogP contribution >= 0.6 is 0 Å². The normalized spacial score (nSPS) is 13.7. The third kappa shape index (κ3) is 5.05. The number of aryl methyl sites for hydroxylation is 1.